The Morgan fingerprint density at radius 2 is 1.96 bits per heavy atom. The number of hydrogen-bond donors (Lipinski definition) is 1. The van der Waals surface area contributed by atoms with Gasteiger partial charge in [0.1, 0.15) is 24.7 Å². The summed E-state index contributed by atoms with van der Waals surface area (Å²) in [7, 11) is 0. The Kier molecular flexibility index (Phi) is 3.93. The molecule has 0 aliphatic carbocycles. The quantitative estimate of drug-likeness (QED) is 0.766. The Hall–Kier alpha value is -2.80. The SMILES string of the molecule is Cc1cc(C(=O)Nc2nc(-c3ccc4c(c3)OCCO4)cs2)c(C)o1. The number of nitrogens with zero attached hydrogens (tertiary/aromatic N) is 1. The number of carbonyl (C=O) groups is 1. The van der Waals surface area contributed by atoms with Crippen LogP contribution in [-0.2, 0) is 0 Å². The number of aromatic nitrogens is 1. The van der Waals surface area contributed by atoms with Crippen molar-refractivity contribution in [2.45, 2.75) is 13.8 Å². The standard InChI is InChI=1S/C18H16N2O4S/c1-10-7-13(11(2)24-10)17(21)20-18-19-14(9-25-18)12-3-4-15-16(8-12)23-6-5-22-15/h3-4,7-9H,5-6H2,1-2H3,(H,19,20,21). The highest BCUT2D eigenvalue weighted by Crippen LogP contribution is 2.35. The van der Waals surface area contributed by atoms with E-state index in [0.29, 0.717) is 41.2 Å². The van der Waals surface area contributed by atoms with Crippen molar-refractivity contribution < 1.29 is 18.7 Å². The monoisotopic (exact) mass is 356 g/mol. The third-order valence-corrected chi connectivity index (χ3v) is 4.61. The van der Waals surface area contributed by atoms with Crippen LogP contribution < -0.4 is 14.8 Å². The Labute approximate surface area is 148 Å². The summed E-state index contributed by atoms with van der Waals surface area (Å²) in [5.41, 5.74) is 2.21. The summed E-state index contributed by atoms with van der Waals surface area (Å²) in [6, 6.07) is 7.43. The number of furan rings is 1. The number of thiazole rings is 1. The van der Waals surface area contributed by atoms with E-state index in [1.165, 1.54) is 11.3 Å². The number of hydrogen-bond acceptors (Lipinski definition) is 6. The molecule has 7 heteroatoms. The summed E-state index contributed by atoms with van der Waals surface area (Å²) in [4.78, 5) is 16.8. The second-order valence-corrected chi connectivity index (χ2v) is 6.54. The van der Waals surface area contributed by atoms with Crippen LogP contribution in [0.25, 0.3) is 11.3 Å². The van der Waals surface area contributed by atoms with E-state index in [0.717, 1.165) is 17.0 Å². The van der Waals surface area contributed by atoms with Gasteiger partial charge in [0.05, 0.1) is 11.3 Å². The fourth-order valence-corrected chi connectivity index (χ4v) is 3.40. The van der Waals surface area contributed by atoms with E-state index >= 15 is 0 Å². The minimum atomic E-state index is -0.225. The van der Waals surface area contributed by atoms with E-state index in [4.69, 9.17) is 13.9 Å². The summed E-state index contributed by atoms with van der Waals surface area (Å²) < 4.78 is 16.5. The van der Waals surface area contributed by atoms with Crippen LogP contribution in [0.1, 0.15) is 21.9 Å². The summed E-state index contributed by atoms with van der Waals surface area (Å²) in [6.07, 6.45) is 0. The van der Waals surface area contributed by atoms with Crippen molar-refractivity contribution in [1.29, 1.82) is 0 Å². The average Bonchev–Trinajstić information content (AvgIpc) is 3.20. The molecular formula is C18H16N2O4S. The molecule has 1 aliphatic heterocycles. The van der Waals surface area contributed by atoms with Gasteiger partial charge in [-0.3, -0.25) is 10.1 Å². The maximum atomic E-state index is 12.3. The molecule has 0 bridgehead atoms. The predicted octanol–water partition coefficient (Wildman–Crippen LogP) is 4.04. The summed E-state index contributed by atoms with van der Waals surface area (Å²) in [6.45, 7) is 4.68. The van der Waals surface area contributed by atoms with E-state index < -0.39 is 0 Å². The first kappa shape index (κ1) is 15.7. The molecule has 1 N–H and O–H groups in total. The molecule has 0 radical (unpaired) electrons. The maximum Gasteiger partial charge on any atom is 0.260 e. The van der Waals surface area contributed by atoms with Gasteiger partial charge in [-0.2, -0.15) is 0 Å². The molecule has 128 valence electrons. The first-order valence-electron chi connectivity index (χ1n) is 7.84. The molecular weight excluding hydrogens is 340 g/mol. The number of aryl methyl sites for hydroxylation is 2. The molecule has 1 aromatic carbocycles. The molecule has 0 spiro atoms. The summed E-state index contributed by atoms with van der Waals surface area (Å²) in [5.74, 6) is 2.53. The minimum Gasteiger partial charge on any atom is -0.486 e. The Morgan fingerprint density at radius 3 is 2.72 bits per heavy atom. The van der Waals surface area contributed by atoms with Crippen molar-refractivity contribution >= 4 is 22.4 Å². The van der Waals surface area contributed by atoms with E-state index in [9.17, 15) is 4.79 Å². The molecule has 3 aromatic rings. The van der Waals surface area contributed by atoms with Gasteiger partial charge >= 0.3 is 0 Å². The van der Waals surface area contributed by atoms with Gasteiger partial charge < -0.3 is 13.9 Å². The number of benzene rings is 1. The Balaban J connectivity index is 1.54. The minimum absolute atomic E-state index is 0.225. The fourth-order valence-electron chi connectivity index (χ4n) is 2.69. The summed E-state index contributed by atoms with van der Waals surface area (Å²) in [5, 5.41) is 5.25. The second-order valence-electron chi connectivity index (χ2n) is 5.68. The smallest absolute Gasteiger partial charge is 0.260 e. The number of carbonyl (C=O) groups excluding carboxylic acids is 1. The van der Waals surface area contributed by atoms with Crippen LogP contribution in [0.2, 0.25) is 0 Å². The van der Waals surface area contributed by atoms with Gasteiger partial charge in [0.25, 0.3) is 5.91 Å². The normalized spacial score (nSPS) is 12.9. The zero-order chi connectivity index (χ0) is 17.4. The van der Waals surface area contributed by atoms with Gasteiger partial charge in [0.2, 0.25) is 0 Å². The highest BCUT2D eigenvalue weighted by atomic mass is 32.1. The Bertz CT molecular complexity index is 944. The van der Waals surface area contributed by atoms with Crippen molar-refractivity contribution in [3.05, 3.63) is 46.7 Å². The number of fused-ring (bicyclic) bond motifs is 1. The first-order valence-corrected chi connectivity index (χ1v) is 8.72. The lowest BCUT2D eigenvalue weighted by Gasteiger charge is -2.18. The molecule has 0 fully saturated rings. The van der Waals surface area contributed by atoms with E-state index in [2.05, 4.69) is 10.3 Å². The van der Waals surface area contributed by atoms with Crippen molar-refractivity contribution in [1.82, 2.24) is 4.98 Å². The number of anilines is 1. The van der Waals surface area contributed by atoms with Gasteiger partial charge in [-0.25, -0.2) is 4.98 Å². The largest absolute Gasteiger partial charge is 0.486 e. The van der Waals surface area contributed by atoms with Gasteiger partial charge in [0, 0.05) is 10.9 Å². The molecule has 6 nitrogen and oxygen atoms in total. The van der Waals surface area contributed by atoms with Gasteiger partial charge in [-0.15, -0.1) is 11.3 Å². The van der Waals surface area contributed by atoms with Crippen LogP contribution in [0.4, 0.5) is 5.13 Å². The maximum absolute atomic E-state index is 12.3. The van der Waals surface area contributed by atoms with Crippen molar-refractivity contribution in [3.63, 3.8) is 0 Å². The van der Waals surface area contributed by atoms with Crippen LogP contribution >= 0.6 is 11.3 Å². The molecule has 0 saturated heterocycles. The van der Waals surface area contributed by atoms with E-state index in [-0.39, 0.29) is 5.91 Å². The predicted molar refractivity (Wildman–Crippen MR) is 94.7 cm³/mol. The third-order valence-electron chi connectivity index (χ3n) is 3.85. The number of nitrogens with one attached hydrogen (secondary N) is 1. The van der Waals surface area contributed by atoms with Crippen LogP contribution in [0, 0.1) is 13.8 Å². The third kappa shape index (κ3) is 3.10. The molecule has 0 unspecified atom stereocenters. The Morgan fingerprint density at radius 1 is 1.16 bits per heavy atom. The molecule has 2 aromatic heterocycles. The van der Waals surface area contributed by atoms with Crippen LogP contribution in [0.15, 0.2) is 34.1 Å². The molecule has 1 aliphatic rings. The average molecular weight is 356 g/mol. The molecule has 3 heterocycles. The molecule has 25 heavy (non-hydrogen) atoms. The molecule has 0 atom stereocenters. The van der Waals surface area contributed by atoms with Crippen LogP contribution in [-0.4, -0.2) is 24.1 Å². The van der Waals surface area contributed by atoms with Crippen LogP contribution in [0.3, 0.4) is 0 Å². The van der Waals surface area contributed by atoms with E-state index in [1.807, 2.05) is 30.5 Å². The topological polar surface area (TPSA) is 73.6 Å². The molecule has 0 saturated carbocycles. The number of amides is 1. The second kappa shape index (κ2) is 6.25. The zero-order valence-electron chi connectivity index (χ0n) is 13.8. The van der Waals surface area contributed by atoms with Crippen LogP contribution in [0.5, 0.6) is 11.5 Å². The highest BCUT2D eigenvalue weighted by Gasteiger charge is 2.17. The van der Waals surface area contributed by atoms with Gasteiger partial charge in [-0.1, -0.05) is 0 Å². The zero-order valence-corrected chi connectivity index (χ0v) is 14.6. The lowest BCUT2D eigenvalue weighted by atomic mass is 10.1. The van der Waals surface area contributed by atoms with Gasteiger partial charge in [-0.05, 0) is 38.1 Å². The summed E-state index contributed by atoms with van der Waals surface area (Å²) >= 11 is 1.37. The lowest BCUT2D eigenvalue weighted by Crippen LogP contribution is -2.15. The van der Waals surface area contributed by atoms with E-state index in [1.54, 1.807) is 13.0 Å². The first-order chi connectivity index (χ1) is 12.1. The number of ether oxygens (including phenoxy) is 2. The van der Waals surface area contributed by atoms with Crippen molar-refractivity contribution in [2.75, 3.05) is 18.5 Å². The van der Waals surface area contributed by atoms with Crippen molar-refractivity contribution in [3.8, 4) is 22.8 Å². The number of rotatable bonds is 3. The highest BCUT2D eigenvalue weighted by molar-refractivity contribution is 7.14. The van der Waals surface area contributed by atoms with Crippen molar-refractivity contribution in [2.24, 2.45) is 0 Å². The lowest BCUT2D eigenvalue weighted by molar-refractivity contribution is 0.102. The molecule has 1 amide bonds. The molecule has 4 rings (SSSR count). The van der Waals surface area contributed by atoms with Gasteiger partial charge in [0.15, 0.2) is 16.6 Å². The fraction of sp³-hybridized carbons (Fsp3) is 0.222.